The van der Waals surface area contributed by atoms with Crippen LogP contribution >= 0.6 is 0 Å². The number of rotatable bonds is 5. The van der Waals surface area contributed by atoms with Gasteiger partial charge in [0.05, 0.1) is 6.61 Å². The van der Waals surface area contributed by atoms with E-state index in [1.54, 1.807) is 13.0 Å². The van der Waals surface area contributed by atoms with E-state index < -0.39 is 0 Å². The molecule has 0 aliphatic carbocycles. The van der Waals surface area contributed by atoms with E-state index >= 15 is 0 Å². The Bertz CT molecular complexity index is 202. The highest BCUT2D eigenvalue weighted by Crippen LogP contribution is 2.13. The van der Waals surface area contributed by atoms with Crippen molar-refractivity contribution in [3.05, 3.63) is 23.8 Å². The first-order valence-corrected chi connectivity index (χ1v) is 4.03. The van der Waals surface area contributed by atoms with Crippen LogP contribution in [0.4, 0.5) is 0 Å². The van der Waals surface area contributed by atoms with Gasteiger partial charge in [-0.2, -0.15) is 0 Å². The third-order valence-corrected chi connectivity index (χ3v) is 1.63. The fourth-order valence-corrected chi connectivity index (χ4v) is 0.911. The molecule has 0 aromatic heterocycles. The Balaban J connectivity index is 4.06. The fraction of sp³-hybridized carbons (Fsp3) is 0.500. The summed E-state index contributed by atoms with van der Waals surface area (Å²) in [6, 6.07) is 0. The van der Waals surface area contributed by atoms with Crippen molar-refractivity contribution in [2.24, 2.45) is 0 Å². The molecule has 0 heterocycles. The highest BCUT2D eigenvalue weighted by atomic mass is 16.2. The van der Waals surface area contributed by atoms with Crippen LogP contribution in [0.5, 0.6) is 0 Å². The lowest BCUT2D eigenvalue weighted by Gasteiger charge is -2.04. The maximum Gasteiger partial charge on any atom is 0.130 e. The molecule has 0 spiro atoms. The molecule has 0 atom stereocenters. The summed E-state index contributed by atoms with van der Waals surface area (Å²) in [5.41, 5.74) is 1.90. The Morgan fingerprint density at radius 2 is 2.00 bits per heavy atom. The first-order valence-electron chi connectivity index (χ1n) is 4.03. The van der Waals surface area contributed by atoms with Gasteiger partial charge in [0.25, 0.3) is 0 Å². The van der Waals surface area contributed by atoms with Crippen molar-refractivity contribution in [1.29, 1.82) is 0 Å². The van der Waals surface area contributed by atoms with E-state index in [4.69, 9.17) is 5.11 Å². The fourth-order valence-electron chi connectivity index (χ4n) is 0.911. The Hall–Kier alpha value is -0.890. The number of hydrogen-bond acceptors (Lipinski definition) is 2. The number of ketones is 1. The highest BCUT2D eigenvalue weighted by Gasteiger charge is 1.99. The molecular weight excluding hydrogens is 152 g/mol. The van der Waals surface area contributed by atoms with Crippen LogP contribution in [-0.2, 0) is 4.79 Å². The molecule has 0 saturated heterocycles. The van der Waals surface area contributed by atoms with Gasteiger partial charge in [0.2, 0.25) is 0 Å². The molecule has 0 aliphatic rings. The molecular formula is C10H16O2. The van der Waals surface area contributed by atoms with Crippen LogP contribution in [0.25, 0.3) is 0 Å². The summed E-state index contributed by atoms with van der Waals surface area (Å²) in [5, 5.41) is 8.65. The molecule has 2 nitrogen and oxygen atoms in total. The minimum absolute atomic E-state index is 0.0140. The highest BCUT2D eigenvalue weighted by molar-refractivity contribution is 5.75. The summed E-state index contributed by atoms with van der Waals surface area (Å²) in [7, 11) is 0. The van der Waals surface area contributed by atoms with Gasteiger partial charge in [-0.3, -0.25) is 0 Å². The number of aliphatic hydroxyl groups is 1. The third-order valence-electron chi connectivity index (χ3n) is 1.63. The van der Waals surface area contributed by atoms with Crippen molar-refractivity contribution in [3.8, 4) is 0 Å². The standard InChI is InChI=1S/C10H16O2/c1-8(2)10(6-7-11)5-4-9(3)12/h6,11H,1,4-5,7H2,2-3H3/b10-6+. The number of Topliss-reactive ketones (excluding diaryl/α,β-unsaturated/α-hetero) is 1. The molecule has 0 fully saturated rings. The van der Waals surface area contributed by atoms with Gasteiger partial charge < -0.3 is 9.90 Å². The summed E-state index contributed by atoms with van der Waals surface area (Å²) >= 11 is 0. The number of allylic oxidation sites excluding steroid dienone is 2. The Morgan fingerprint density at radius 1 is 1.42 bits per heavy atom. The van der Waals surface area contributed by atoms with E-state index in [0.717, 1.165) is 11.1 Å². The van der Waals surface area contributed by atoms with Crippen LogP contribution in [0.2, 0.25) is 0 Å². The molecule has 0 aromatic carbocycles. The minimum atomic E-state index is 0.0140. The maximum atomic E-state index is 10.7. The van der Waals surface area contributed by atoms with Crippen LogP contribution < -0.4 is 0 Å². The zero-order valence-corrected chi connectivity index (χ0v) is 7.76. The average Bonchev–Trinajstić information content (AvgIpc) is 1.96. The molecule has 68 valence electrons. The molecule has 0 radical (unpaired) electrons. The van der Waals surface area contributed by atoms with Gasteiger partial charge in [0, 0.05) is 6.42 Å². The van der Waals surface area contributed by atoms with Crippen LogP contribution in [0.15, 0.2) is 23.8 Å². The zero-order valence-electron chi connectivity index (χ0n) is 7.76. The maximum absolute atomic E-state index is 10.7. The Morgan fingerprint density at radius 3 is 2.33 bits per heavy atom. The lowest BCUT2D eigenvalue weighted by molar-refractivity contribution is -0.116. The van der Waals surface area contributed by atoms with E-state index in [9.17, 15) is 4.79 Å². The summed E-state index contributed by atoms with van der Waals surface area (Å²) in [5.74, 6) is 0.167. The largest absolute Gasteiger partial charge is 0.392 e. The molecule has 0 rings (SSSR count). The zero-order chi connectivity index (χ0) is 9.56. The quantitative estimate of drug-likeness (QED) is 0.636. The van der Waals surface area contributed by atoms with E-state index in [1.807, 2.05) is 6.92 Å². The molecule has 0 saturated carbocycles. The molecule has 0 bridgehead atoms. The van der Waals surface area contributed by atoms with E-state index in [2.05, 4.69) is 6.58 Å². The van der Waals surface area contributed by atoms with Gasteiger partial charge in [0.1, 0.15) is 5.78 Å². The Labute approximate surface area is 73.6 Å². The molecule has 0 aromatic rings. The van der Waals surface area contributed by atoms with Gasteiger partial charge in [-0.15, -0.1) is 0 Å². The predicted octanol–water partition coefficient (Wildman–Crippen LogP) is 1.85. The van der Waals surface area contributed by atoms with Crippen molar-refractivity contribution >= 4 is 5.78 Å². The lowest BCUT2D eigenvalue weighted by Crippen LogP contribution is -1.94. The van der Waals surface area contributed by atoms with E-state index in [0.29, 0.717) is 12.8 Å². The van der Waals surface area contributed by atoms with Gasteiger partial charge in [0.15, 0.2) is 0 Å². The average molecular weight is 168 g/mol. The summed E-state index contributed by atoms with van der Waals surface area (Å²) in [6.07, 6.45) is 2.91. The third kappa shape index (κ3) is 4.85. The molecule has 0 amide bonds. The van der Waals surface area contributed by atoms with Gasteiger partial charge >= 0.3 is 0 Å². The summed E-state index contributed by atoms with van der Waals surface area (Å²) < 4.78 is 0. The van der Waals surface area contributed by atoms with Crippen molar-refractivity contribution in [2.45, 2.75) is 26.7 Å². The number of carbonyl (C=O) groups is 1. The topological polar surface area (TPSA) is 37.3 Å². The first kappa shape index (κ1) is 11.1. The van der Waals surface area contributed by atoms with Gasteiger partial charge in [-0.1, -0.05) is 18.2 Å². The smallest absolute Gasteiger partial charge is 0.130 e. The Kier molecular flexibility index (Phi) is 5.30. The lowest BCUT2D eigenvalue weighted by atomic mass is 10.0. The number of carbonyl (C=O) groups excluding carboxylic acids is 1. The molecule has 2 heteroatoms. The summed E-state index contributed by atoms with van der Waals surface area (Å²) in [4.78, 5) is 10.7. The predicted molar refractivity (Wildman–Crippen MR) is 49.9 cm³/mol. The van der Waals surface area contributed by atoms with Crippen LogP contribution in [0.3, 0.4) is 0 Å². The molecule has 12 heavy (non-hydrogen) atoms. The second-order valence-corrected chi connectivity index (χ2v) is 2.89. The van der Waals surface area contributed by atoms with Crippen LogP contribution in [0.1, 0.15) is 26.7 Å². The first-order chi connectivity index (χ1) is 5.57. The van der Waals surface area contributed by atoms with Crippen molar-refractivity contribution in [1.82, 2.24) is 0 Å². The molecule has 1 N–H and O–H groups in total. The second kappa shape index (κ2) is 5.72. The van der Waals surface area contributed by atoms with Gasteiger partial charge in [-0.05, 0) is 25.8 Å². The number of aliphatic hydroxyl groups excluding tert-OH is 1. The molecule has 0 aliphatic heterocycles. The van der Waals surface area contributed by atoms with E-state index in [1.165, 1.54) is 0 Å². The number of hydrogen-bond donors (Lipinski definition) is 1. The van der Waals surface area contributed by atoms with Crippen molar-refractivity contribution in [3.63, 3.8) is 0 Å². The van der Waals surface area contributed by atoms with E-state index in [-0.39, 0.29) is 12.4 Å². The monoisotopic (exact) mass is 168 g/mol. The summed E-state index contributed by atoms with van der Waals surface area (Å²) in [6.45, 7) is 7.22. The van der Waals surface area contributed by atoms with Crippen molar-refractivity contribution < 1.29 is 9.90 Å². The minimum Gasteiger partial charge on any atom is -0.392 e. The molecule has 0 unspecified atom stereocenters. The van der Waals surface area contributed by atoms with Gasteiger partial charge in [-0.25, -0.2) is 0 Å². The van der Waals surface area contributed by atoms with Crippen LogP contribution in [-0.4, -0.2) is 17.5 Å². The van der Waals surface area contributed by atoms with Crippen molar-refractivity contribution in [2.75, 3.05) is 6.61 Å². The second-order valence-electron chi connectivity index (χ2n) is 2.89. The normalized spacial score (nSPS) is 11.4. The SMILES string of the molecule is C=C(C)/C(=C/CO)CCC(C)=O. The van der Waals surface area contributed by atoms with Crippen LogP contribution in [0, 0.1) is 0 Å².